The molecule has 28 heavy (non-hydrogen) atoms. The average molecular weight is 425 g/mol. The predicted molar refractivity (Wildman–Crippen MR) is 101 cm³/mol. The molecule has 2 rings (SSSR count). The molecule has 0 aliphatic heterocycles. The highest BCUT2D eigenvalue weighted by Gasteiger charge is 2.28. The van der Waals surface area contributed by atoms with Gasteiger partial charge in [0.05, 0.1) is 27.3 Å². The molecule has 0 fully saturated rings. The van der Waals surface area contributed by atoms with Gasteiger partial charge in [0.25, 0.3) is 5.91 Å². The number of nitriles is 1. The lowest BCUT2D eigenvalue weighted by Crippen LogP contribution is -2.50. The first kappa shape index (κ1) is 21.5. The molecule has 150 valence electrons. The molecule has 1 unspecified atom stereocenters. The van der Waals surface area contributed by atoms with E-state index in [2.05, 4.69) is 31.3 Å². The first-order chi connectivity index (χ1) is 13.2. The van der Waals surface area contributed by atoms with Gasteiger partial charge in [-0.05, 0) is 23.3 Å². The summed E-state index contributed by atoms with van der Waals surface area (Å²) in [4.78, 5) is 25.6. The number of H-pyrrole nitrogens is 1. The molecule has 2 heterocycles. The van der Waals surface area contributed by atoms with E-state index in [9.17, 15) is 18.0 Å². The van der Waals surface area contributed by atoms with Crippen molar-refractivity contribution in [2.45, 2.75) is 19.9 Å². The maximum Gasteiger partial charge on any atom is 0.262 e. The quantitative estimate of drug-likeness (QED) is 0.461. The van der Waals surface area contributed by atoms with Crippen LogP contribution in [0.1, 0.15) is 23.5 Å². The Hall–Kier alpha value is -2.85. The highest BCUT2D eigenvalue weighted by atomic mass is 32.2. The predicted octanol–water partition coefficient (Wildman–Crippen LogP) is -0.263. The number of carbonyl (C=O) groups excluding carboxylic acids is 2. The fourth-order valence-electron chi connectivity index (χ4n) is 2.34. The van der Waals surface area contributed by atoms with Gasteiger partial charge in [0.2, 0.25) is 11.7 Å². The molecule has 1 atom stereocenters. The van der Waals surface area contributed by atoms with Crippen molar-refractivity contribution in [1.29, 1.82) is 5.26 Å². The Kier molecular flexibility index (Phi) is 7.18. The highest BCUT2D eigenvalue weighted by molar-refractivity contribution is 7.91. The average Bonchev–Trinajstić information content (AvgIpc) is 3.28. The van der Waals surface area contributed by atoms with Crippen LogP contribution in [0.5, 0.6) is 0 Å². The highest BCUT2D eigenvalue weighted by Crippen LogP contribution is 2.24. The second kappa shape index (κ2) is 9.38. The van der Waals surface area contributed by atoms with Gasteiger partial charge in [0.1, 0.15) is 12.6 Å². The number of nitrogens with one attached hydrogen (secondary N) is 3. The summed E-state index contributed by atoms with van der Waals surface area (Å²) in [5, 5.41) is 26.7. The third-order valence-electron chi connectivity index (χ3n) is 3.37. The van der Waals surface area contributed by atoms with E-state index in [4.69, 9.17) is 5.26 Å². The van der Waals surface area contributed by atoms with Crippen LogP contribution < -0.4 is 10.6 Å². The topological polar surface area (TPSA) is 171 Å². The number of thiophene rings is 1. The van der Waals surface area contributed by atoms with Crippen LogP contribution >= 0.6 is 11.3 Å². The number of hydrogen-bond donors (Lipinski definition) is 3. The first-order valence-corrected chi connectivity index (χ1v) is 10.8. The third-order valence-corrected chi connectivity index (χ3v) is 6.46. The standard InChI is InChI=1S/C15H19N7O4S2/c1-9(2)7-28(25,26)8-10(14(23)17-6-5-16)18-15(24)12-4-3-11(27-12)13-19-21-22-20-13/h3-4,9-10H,6-8H2,1-2H3,(H,17,23)(H,18,24)(H,19,20,21,22). The number of tetrazole rings is 1. The number of nitrogens with zero attached hydrogens (tertiary/aromatic N) is 4. The van der Waals surface area contributed by atoms with Crippen LogP contribution in [0.2, 0.25) is 0 Å². The zero-order valence-corrected chi connectivity index (χ0v) is 16.8. The minimum Gasteiger partial charge on any atom is -0.341 e. The lowest BCUT2D eigenvalue weighted by Gasteiger charge is -2.18. The molecule has 0 spiro atoms. The summed E-state index contributed by atoms with van der Waals surface area (Å²) in [6.45, 7) is 3.19. The van der Waals surface area contributed by atoms with Gasteiger partial charge in [-0.15, -0.1) is 21.5 Å². The van der Waals surface area contributed by atoms with Crippen LogP contribution in [0.25, 0.3) is 10.7 Å². The van der Waals surface area contributed by atoms with Gasteiger partial charge in [-0.3, -0.25) is 9.59 Å². The molecule has 0 radical (unpaired) electrons. The molecule has 2 aromatic heterocycles. The molecule has 11 nitrogen and oxygen atoms in total. The second-order valence-corrected chi connectivity index (χ2v) is 9.51. The third kappa shape index (κ3) is 6.10. The first-order valence-electron chi connectivity index (χ1n) is 8.21. The molecule has 0 saturated carbocycles. The Morgan fingerprint density at radius 3 is 2.68 bits per heavy atom. The molecule has 0 aromatic carbocycles. The van der Waals surface area contributed by atoms with Crippen LogP contribution in [-0.2, 0) is 14.6 Å². The van der Waals surface area contributed by atoms with Crippen molar-refractivity contribution in [3.63, 3.8) is 0 Å². The number of carbonyl (C=O) groups is 2. The molecule has 0 bridgehead atoms. The molecule has 0 saturated heterocycles. The molecule has 13 heteroatoms. The monoisotopic (exact) mass is 425 g/mol. The summed E-state index contributed by atoms with van der Waals surface area (Å²) in [7, 11) is -3.60. The van der Waals surface area contributed by atoms with Gasteiger partial charge in [-0.1, -0.05) is 13.8 Å². The van der Waals surface area contributed by atoms with E-state index in [0.717, 1.165) is 11.3 Å². The number of rotatable bonds is 9. The number of sulfone groups is 1. The van der Waals surface area contributed by atoms with Crippen LogP contribution in [0, 0.1) is 17.2 Å². The fraction of sp³-hybridized carbons (Fsp3) is 0.467. The van der Waals surface area contributed by atoms with E-state index in [0.29, 0.717) is 10.7 Å². The van der Waals surface area contributed by atoms with Gasteiger partial charge in [0, 0.05) is 0 Å². The van der Waals surface area contributed by atoms with Crippen molar-refractivity contribution in [3.8, 4) is 16.8 Å². The molecule has 2 aromatic rings. The van der Waals surface area contributed by atoms with Crippen molar-refractivity contribution >= 4 is 33.0 Å². The van der Waals surface area contributed by atoms with Crippen molar-refractivity contribution in [3.05, 3.63) is 17.0 Å². The summed E-state index contributed by atoms with van der Waals surface area (Å²) in [5.41, 5.74) is 0. The van der Waals surface area contributed by atoms with Crippen molar-refractivity contribution < 1.29 is 18.0 Å². The van der Waals surface area contributed by atoms with E-state index >= 15 is 0 Å². The minimum atomic E-state index is -3.60. The number of hydrogen-bond acceptors (Lipinski definition) is 9. The Morgan fingerprint density at radius 2 is 2.07 bits per heavy atom. The van der Waals surface area contributed by atoms with Gasteiger partial charge >= 0.3 is 0 Å². The van der Waals surface area contributed by atoms with Gasteiger partial charge in [-0.25, -0.2) is 8.42 Å². The summed E-state index contributed by atoms with van der Waals surface area (Å²) in [6, 6.07) is 3.55. The van der Waals surface area contributed by atoms with E-state index in [1.807, 2.05) is 0 Å². The lowest BCUT2D eigenvalue weighted by molar-refractivity contribution is -0.122. The maximum atomic E-state index is 12.5. The normalized spacial score (nSPS) is 12.4. The zero-order valence-electron chi connectivity index (χ0n) is 15.2. The SMILES string of the molecule is CC(C)CS(=O)(=O)CC(NC(=O)c1ccc(-c2nn[nH]n2)s1)C(=O)NCC#N. The molecule has 2 amide bonds. The molecular formula is C15H19N7O4S2. The van der Waals surface area contributed by atoms with Crippen molar-refractivity contribution in [2.24, 2.45) is 5.92 Å². The Balaban J connectivity index is 2.15. The van der Waals surface area contributed by atoms with E-state index in [-0.39, 0.29) is 23.1 Å². The largest absolute Gasteiger partial charge is 0.341 e. The van der Waals surface area contributed by atoms with Gasteiger partial charge in [-0.2, -0.15) is 10.5 Å². The summed E-state index contributed by atoms with van der Waals surface area (Å²) in [6.07, 6.45) is 0. The molecule has 0 aliphatic carbocycles. The van der Waals surface area contributed by atoms with Crippen LogP contribution in [0.15, 0.2) is 12.1 Å². The number of amides is 2. The van der Waals surface area contributed by atoms with Crippen molar-refractivity contribution in [1.82, 2.24) is 31.3 Å². The summed E-state index contributed by atoms with van der Waals surface area (Å²) >= 11 is 1.07. The second-order valence-electron chi connectivity index (χ2n) is 6.27. The lowest BCUT2D eigenvalue weighted by atomic mass is 10.3. The van der Waals surface area contributed by atoms with Crippen LogP contribution in [0.4, 0.5) is 0 Å². The Labute approximate surface area is 165 Å². The van der Waals surface area contributed by atoms with Crippen LogP contribution in [0.3, 0.4) is 0 Å². The minimum absolute atomic E-state index is 0.119. The Morgan fingerprint density at radius 1 is 1.32 bits per heavy atom. The maximum absolute atomic E-state index is 12.5. The Bertz CT molecular complexity index is 961. The fourth-order valence-corrected chi connectivity index (χ4v) is 5.07. The van der Waals surface area contributed by atoms with Crippen molar-refractivity contribution in [2.75, 3.05) is 18.1 Å². The molecule has 3 N–H and O–H groups in total. The molecular weight excluding hydrogens is 406 g/mol. The number of aromatic amines is 1. The summed E-state index contributed by atoms with van der Waals surface area (Å²) in [5.74, 6) is -1.85. The smallest absolute Gasteiger partial charge is 0.262 e. The van der Waals surface area contributed by atoms with E-state index in [1.54, 1.807) is 26.0 Å². The van der Waals surface area contributed by atoms with E-state index < -0.39 is 33.4 Å². The van der Waals surface area contributed by atoms with E-state index in [1.165, 1.54) is 6.07 Å². The van der Waals surface area contributed by atoms with Gasteiger partial charge < -0.3 is 10.6 Å². The van der Waals surface area contributed by atoms with Gasteiger partial charge in [0.15, 0.2) is 9.84 Å². The number of aromatic nitrogens is 4. The molecule has 0 aliphatic rings. The summed E-state index contributed by atoms with van der Waals surface area (Å²) < 4.78 is 24.6. The zero-order chi connectivity index (χ0) is 20.7. The van der Waals surface area contributed by atoms with Crippen LogP contribution in [-0.4, -0.2) is 64.9 Å².